The lowest BCUT2D eigenvalue weighted by Gasteiger charge is -2.34. The monoisotopic (exact) mass is 307 g/mol. The van der Waals surface area contributed by atoms with Gasteiger partial charge in [0, 0.05) is 24.1 Å². The number of benzene rings is 1. The molecular formula is C17H17N5O. The van der Waals surface area contributed by atoms with Crippen molar-refractivity contribution < 1.29 is 5.11 Å². The lowest BCUT2D eigenvalue weighted by atomic mass is 9.83. The minimum absolute atomic E-state index is 0.0789. The molecular weight excluding hydrogens is 290 g/mol. The van der Waals surface area contributed by atoms with Gasteiger partial charge >= 0.3 is 0 Å². The van der Waals surface area contributed by atoms with E-state index in [1.807, 2.05) is 23.3 Å². The molecule has 0 amide bonds. The minimum Gasteiger partial charge on any atom is -0.386 e. The van der Waals surface area contributed by atoms with Crippen LogP contribution < -0.4 is 5.73 Å². The molecule has 2 aromatic heterocycles. The molecule has 5 rings (SSSR count). The first-order valence-electron chi connectivity index (χ1n) is 7.86. The molecule has 3 N–H and O–H groups in total. The van der Waals surface area contributed by atoms with E-state index in [0.29, 0.717) is 5.82 Å². The fourth-order valence-corrected chi connectivity index (χ4v) is 4.16. The van der Waals surface area contributed by atoms with Crippen LogP contribution in [0.5, 0.6) is 0 Å². The van der Waals surface area contributed by atoms with Crippen molar-refractivity contribution in [2.75, 3.05) is 5.73 Å². The van der Waals surface area contributed by atoms with Gasteiger partial charge in [-0.05, 0) is 12.0 Å². The van der Waals surface area contributed by atoms with Crippen molar-refractivity contribution in [2.45, 2.75) is 25.1 Å². The van der Waals surface area contributed by atoms with Crippen molar-refractivity contribution in [3.05, 3.63) is 54.1 Å². The maximum Gasteiger partial charge on any atom is 0.145 e. The van der Waals surface area contributed by atoms with E-state index in [1.165, 1.54) is 11.1 Å². The molecule has 0 aliphatic carbocycles. The van der Waals surface area contributed by atoms with E-state index in [1.54, 1.807) is 6.07 Å². The second-order valence-corrected chi connectivity index (χ2v) is 6.33. The van der Waals surface area contributed by atoms with E-state index in [-0.39, 0.29) is 12.0 Å². The number of hydrogen-bond acceptors (Lipinski definition) is 4. The summed E-state index contributed by atoms with van der Waals surface area (Å²) < 4.78 is 4.01. The summed E-state index contributed by atoms with van der Waals surface area (Å²) in [6.45, 7) is 0.775. The van der Waals surface area contributed by atoms with Gasteiger partial charge in [0.1, 0.15) is 11.9 Å². The third-order valence-electron chi connectivity index (χ3n) is 5.14. The Morgan fingerprint density at radius 1 is 1.26 bits per heavy atom. The fourth-order valence-electron chi connectivity index (χ4n) is 4.16. The number of nitrogen functional groups attached to an aromatic ring is 1. The van der Waals surface area contributed by atoms with E-state index >= 15 is 0 Å². The zero-order valence-electron chi connectivity index (χ0n) is 12.5. The largest absolute Gasteiger partial charge is 0.386 e. The first kappa shape index (κ1) is 12.9. The maximum absolute atomic E-state index is 10.9. The molecule has 0 radical (unpaired) electrons. The van der Waals surface area contributed by atoms with Crippen molar-refractivity contribution in [3.63, 3.8) is 0 Å². The second-order valence-electron chi connectivity index (χ2n) is 6.33. The highest BCUT2D eigenvalue weighted by Gasteiger charge is 2.41. The standard InChI is InChI=1S/C17H17N5O/c18-15-7-13-17(23)12(5-6-22(13)20-15)16-11-4-2-1-3-10(11)14-8-19-9-21(14)16/h1-4,7-9,12,16-17,23H,5-6H2,(H2,18,20)/t12?,16-,17?/m1/s1. The Balaban J connectivity index is 1.63. The predicted octanol–water partition coefficient (Wildman–Crippen LogP) is 1.99. The first-order valence-corrected chi connectivity index (χ1v) is 7.86. The minimum atomic E-state index is -0.583. The van der Waals surface area contributed by atoms with Crippen molar-refractivity contribution in [1.82, 2.24) is 19.3 Å². The predicted molar refractivity (Wildman–Crippen MR) is 85.5 cm³/mol. The van der Waals surface area contributed by atoms with Gasteiger partial charge in [-0.25, -0.2) is 4.98 Å². The zero-order chi connectivity index (χ0) is 15.6. The molecule has 2 aliphatic heterocycles. The molecule has 4 heterocycles. The van der Waals surface area contributed by atoms with Crippen LogP contribution in [-0.2, 0) is 6.54 Å². The number of anilines is 1. The Labute approximate surface area is 133 Å². The van der Waals surface area contributed by atoms with Crippen LogP contribution in [0.25, 0.3) is 11.3 Å². The molecule has 3 atom stereocenters. The Morgan fingerprint density at radius 2 is 2.13 bits per heavy atom. The SMILES string of the molecule is Nc1cc2n(n1)CCC([C@H]1c3ccccc3-c3cncn31)C2O. The summed E-state index contributed by atoms with van der Waals surface area (Å²) in [5.41, 5.74) is 10.2. The summed E-state index contributed by atoms with van der Waals surface area (Å²) in [5.74, 6) is 0.546. The molecule has 6 heteroatoms. The zero-order valence-corrected chi connectivity index (χ0v) is 12.5. The van der Waals surface area contributed by atoms with Crippen LogP contribution in [0.4, 0.5) is 5.82 Å². The van der Waals surface area contributed by atoms with Gasteiger partial charge in [0.2, 0.25) is 0 Å². The molecule has 6 nitrogen and oxygen atoms in total. The van der Waals surface area contributed by atoms with Crippen LogP contribution >= 0.6 is 0 Å². The average Bonchev–Trinajstić information content (AvgIpc) is 3.22. The van der Waals surface area contributed by atoms with Gasteiger partial charge < -0.3 is 15.4 Å². The van der Waals surface area contributed by atoms with Crippen molar-refractivity contribution >= 4 is 5.82 Å². The van der Waals surface area contributed by atoms with Crippen LogP contribution in [-0.4, -0.2) is 24.4 Å². The normalized spacial score (nSPS) is 25.0. The molecule has 2 unspecified atom stereocenters. The summed E-state index contributed by atoms with van der Waals surface area (Å²) in [7, 11) is 0. The highest BCUT2D eigenvalue weighted by Crippen LogP contribution is 2.48. The number of aliphatic hydroxyl groups is 1. The number of aliphatic hydroxyl groups excluding tert-OH is 1. The van der Waals surface area contributed by atoms with E-state index in [0.717, 1.165) is 24.4 Å². The maximum atomic E-state index is 10.9. The summed E-state index contributed by atoms with van der Waals surface area (Å²) in [4.78, 5) is 4.30. The van der Waals surface area contributed by atoms with E-state index in [2.05, 4.69) is 32.8 Å². The number of hydrogen-bond donors (Lipinski definition) is 2. The Bertz CT molecular complexity index is 896. The summed E-state index contributed by atoms with van der Waals surface area (Å²) in [6, 6.07) is 10.3. The van der Waals surface area contributed by atoms with Gasteiger partial charge in [-0.1, -0.05) is 24.3 Å². The van der Waals surface area contributed by atoms with Gasteiger partial charge in [0.05, 0.1) is 30.0 Å². The number of fused-ring (bicyclic) bond motifs is 4. The molecule has 0 spiro atoms. The molecule has 0 saturated heterocycles. The van der Waals surface area contributed by atoms with Gasteiger partial charge in [-0.2, -0.15) is 5.10 Å². The molecule has 0 saturated carbocycles. The number of imidazole rings is 1. The van der Waals surface area contributed by atoms with E-state index in [9.17, 15) is 5.11 Å². The lowest BCUT2D eigenvalue weighted by Crippen LogP contribution is -2.31. The van der Waals surface area contributed by atoms with Crippen LogP contribution in [0.15, 0.2) is 42.9 Å². The third kappa shape index (κ3) is 1.66. The molecule has 1 aromatic carbocycles. The topological polar surface area (TPSA) is 81.9 Å². The van der Waals surface area contributed by atoms with Crippen LogP contribution in [0.1, 0.15) is 29.8 Å². The van der Waals surface area contributed by atoms with Gasteiger partial charge in [-0.15, -0.1) is 0 Å². The van der Waals surface area contributed by atoms with Gasteiger partial charge in [0.15, 0.2) is 0 Å². The highest BCUT2D eigenvalue weighted by molar-refractivity contribution is 5.69. The quantitative estimate of drug-likeness (QED) is 0.720. The van der Waals surface area contributed by atoms with Gasteiger partial charge in [0.25, 0.3) is 0 Å². The van der Waals surface area contributed by atoms with Gasteiger partial charge in [-0.3, -0.25) is 4.68 Å². The van der Waals surface area contributed by atoms with Crippen molar-refractivity contribution in [2.24, 2.45) is 5.92 Å². The number of rotatable bonds is 1. The Kier molecular flexibility index (Phi) is 2.50. The first-order chi connectivity index (χ1) is 11.2. The molecule has 23 heavy (non-hydrogen) atoms. The Hall–Kier alpha value is -2.60. The summed E-state index contributed by atoms with van der Waals surface area (Å²) in [5, 5.41) is 15.2. The molecule has 3 aromatic rings. The average molecular weight is 307 g/mol. The van der Waals surface area contributed by atoms with E-state index < -0.39 is 6.10 Å². The summed E-state index contributed by atoms with van der Waals surface area (Å²) in [6.07, 6.45) is 4.04. The molecule has 2 aliphatic rings. The number of nitrogens with zero attached hydrogens (tertiary/aromatic N) is 4. The number of nitrogens with two attached hydrogens (primary N) is 1. The highest BCUT2D eigenvalue weighted by atomic mass is 16.3. The lowest BCUT2D eigenvalue weighted by molar-refractivity contribution is 0.0525. The molecule has 0 fully saturated rings. The summed E-state index contributed by atoms with van der Waals surface area (Å²) >= 11 is 0. The number of aromatic nitrogens is 4. The van der Waals surface area contributed by atoms with E-state index in [4.69, 9.17) is 5.73 Å². The molecule has 0 bridgehead atoms. The number of aryl methyl sites for hydroxylation is 1. The second kappa shape index (κ2) is 4.45. The smallest absolute Gasteiger partial charge is 0.145 e. The van der Waals surface area contributed by atoms with Crippen LogP contribution in [0, 0.1) is 5.92 Å². The molecule has 116 valence electrons. The van der Waals surface area contributed by atoms with Crippen LogP contribution in [0.3, 0.4) is 0 Å². The van der Waals surface area contributed by atoms with Crippen molar-refractivity contribution in [1.29, 1.82) is 0 Å². The fraction of sp³-hybridized carbons (Fsp3) is 0.294. The van der Waals surface area contributed by atoms with Crippen LogP contribution in [0.2, 0.25) is 0 Å². The third-order valence-corrected chi connectivity index (χ3v) is 5.14. The van der Waals surface area contributed by atoms with Crippen molar-refractivity contribution in [3.8, 4) is 11.3 Å². The Morgan fingerprint density at radius 3 is 3.04 bits per heavy atom.